The Morgan fingerprint density at radius 3 is 2.53 bits per heavy atom. The number of hydrogen-bond acceptors (Lipinski definition) is 3. The zero-order chi connectivity index (χ0) is 13.2. The average Bonchev–Trinajstić information content (AvgIpc) is 2.46. The summed E-state index contributed by atoms with van der Waals surface area (Å²) in [6.45, 7) is 2.31. The van der Waals surface area contributed by atoms with Crippen LogP contribution in [-0.2, 0) is 6.54 Å². The van der Waals surface area contributed by atoms with Crippen molar-refractivity contribution in [3.63, 3.8) is 0 Å². The third-order valence-corrected chi connectivity index (χ3v) is 3.09. The minimum atomic E-state index is -0.0770. The second-order valence-electron chi connectivity index (χ2n) is 4.41. The number of hydrogen-bond donors (Lipinski definition) is 0. The molecule has 0 bridgehead atoms. The first-order chi connectivity index (χ1) is 9.25. The van der Waals surface area contributed by atoms with E-state index in [0.717, 1.165) is 16.8 Å². The van der Waals surface area contributed by atoms with Gasteiger partial charge in [0.1, 0.15) is 0 Å². The molecule has 0 amide bonds. The first-order valence-electron chi connectivity index (χ1n) is 6.12. The van der Waals surface area contributed by atoms with Crippen LogP contribution in [0.25, 0.3) is 10.8 Å². The molecule has 0 atom stereocenters. The van der Waals surface area contributed by atoms with Crippen molar-refractivity contribution in [2.75, 3.05) is 0 Å². The normalized spacial score (nSPS) is 10.8. The summed E-state index contributed by atoms with van der Waals surface area (Å²) in [5, 5.41) is 5.97. The van der Waals surface area contributed by atoms with Crippen molar-refractivity contribution in [3.05, 3.63) is 70.4 Å². The molecule has 0 saturated carbocycles. The van der Waals surface area contributed by atoms with Crippen molar-refractivity contribution in [3.8, 4) is 0 Å². The molecule has 19 heavy (non-hydrogen) atoms. The maximum absolute atomic E-state index is 12.4. The molecule has 0 spiro atoms. The van der Waals surface area contributed by atoms with Gasteiger partial charge < -0.3 is 0 Å². The van der Waals surface area contributed by atoms with Gasteiger partial charge in [-0.1, -0.05) is 24.3 Å². The van der Waals surface area contributed by atoms with E-state index in [1.54, 1.807) is 6.20 Å². The number of aromatic nitrogens is 3. The van der Waals surface area contributed by atoms with E-state index >= 15 is 0 Å². The minimum absolute atomic E-state index is 0.0770. The summed E-state index contributed by atoms with van der Waals surface area (Å²) in [5.74, 6) is 0. The lowest BCUT2D eigenvalue weighted by atomic mass is 10.1. The Balaban J connectivity index is 2.15. The van der Waals surface area contributed by atoms with Gasteiger partial charge >= 0.3 is 0 Å². The fourth-order valence-corrected chi connectivity index (χ4v) is 2.16. The predicted octanol–water partition coefficient (Wildman–Crippen LogP) is 2.15. The molecule has 0 unspecified atom stereocenters. The third-order valence-electron chi connectivity index (χ3n) is 3.09. The van der Waals surface area contributed by atoms with E-state index in [0.29, 0.717) is 11.9 Å². The van der Waals surface area contributed by atoms with E-state index in [4.69, 9.17) is 0 Å². The van der Waals surface area contributed by atoms with E-state index in [9.17, 15) is 4.79 Å². The number of rotatable bonds is 2. The Hall–Kier alpha value is -2.49. The van der Waals surface area contributed by atoms with Gasteiger partial charge in [0, 0.05) is 11.6 Å². The van der Waals surface area contributed by atoms with Crippen LogP contribution in [0.3, 0.4) is 0 Å². The molecule has 2 aromatic heterocycles. The highest BCUT2D eigenvalue weighted by atomic mass is 16.1. The van der Waals surface area contributed by atoms with Crippen LogP contribution in [0.5, 0.6) is 0 Å². The van der Waals surface area contributed by atoms with Gasteiger partial charge in [0.2, 0.25) is 0 Å². The maximum atomic E-state index is 12.4. The Labute approximate surface area is 110 Å². The molecule has 3 aromatic rings. The third kappa shape index (κ3) is 2.12. The van der Waals surface area contributed by atoms with E-state index in [-0.39, 0.29) is 5.56 Å². The van der Waals surface area contributed by atoms with Gasteiger partial charge in [-0.25, -0.2) is 4.68 Å². The molecule has 4 heteroatoms. The molecule has 94 valence electrons. The SMILES string of the molecule is Cc1nn(Cc2ccccn2)c(=O)c2ccccc12. The van der Waals surface area contributed by atoms with Crippen molar-refractivity contribution in [2.45, 2.75) is 13.5 Å². The molecule has 0 fully saturated rings. The Bertz CT molecular complexity index is 778. The lowest BCUT2D eigenvalue weighted by Gasteiger charge is -2.08. The van der Waals surface area contributed by atoms with Crippen molar-refractivity contribution in [1.29, 1.82) is 0 Å². The van der Waals surface area contributed by atoms with Crippen LogP contribution in [0, 0.1) is 6.92 Å². The topological polar surface area (TPSA) is 47.8 Å². The van der Waals surface area contributed by atoms with Crippen molar-refractivity contribution < 1.29 is 0 Å². The van der Waals surface area contributed by atoms with Crippen LogP contribution in [0.1, 0.15) is 11.4 Å². The van der Waals surface area contributed by atoms with Crippen LogP contribution in [0.15, 0.2) is 53.5 Å². The van der Waals surface area contributed by atoms with Gasteiger partial charge in [0.15, 0.2) is 0 Å². The van der Waals surface area contributed by atoms with Crippen molar-refractivity contribution >= 4 is 10.8 Å². The van der Waals surface area contributed by atoms with E-state index < -0.39 is 0 Å². The summed E-state index contributed by atoms with van der Waals surface area (Å²) in [5.41, 5.74) is 1.60. The van der Waals surface area contributed by atoms with Crippen molar-refractivity contribution in [1.82, 2.24) is 14.8 Å². The zero-order valence-corrected chi connectivity index (χ0v) is 10.6. The largest absolute Gasteiger partial charge is 0.275 e. The molecule has 0 N–H and O–H groups in total. The minimum Gasteiger partial charge on any atom is -0.267 e. The van der Waals surface area contributed by atoms with Gasteiger partial charge in [0.05, 0.1) is 23.3 Å². The Morgan fingerprint density at radius 2 is 1.79 bits per heavy atom. The number of benzene rings is 1. The fourth-order valence-electron chi connectivity index (χ4n) is 2.16. The molecule has 1 aromatic carbocycles. The van der Waals surface area contributed by atoms with E-state index in [1.165, 1.54) is 4.68 Å². The van der Waals surface area contributed by atoms with Crippen LogP contribution in [-0.4, -0.2) is 14.8 Å². The Morgan fingerprint density at radius 1 is 1.05 bits per heavy atom. The Kier molecular flexibility index (Phi) is 2.83. The number of aryl methyl sites for hydroxylation is 1. The van der Waals surface area contributed by atoms with E-state index in [2.05, 4.69) is 10.1 Å². The zero-order valence-electron chi connectivity index (χ0n) is 10.6. The quantitative estimate of drug-likeness (QED) is 0.701. The van der Waals surface area contributed by atoms with E-state index in [1.807, 2.05) is 49.4 Å². The van der Waals surface area contributed by atoms with Gasteiger partial charge in [-0.15, -0.1) is 0 Å². The molecule has 3 rings (SSSR count). The monoisotopic (exact) mass is 251 g/mol. The van der Waals surface area contributed by atoms with Gasteiger partial charge in [0.25, 0.3) is 5.56 Å². The summed E-state index contributed by atoms with van der Waals surface area (Å²) in [6.07, 6.45) is 1.72. The molecule has 0 aliphatic heterocycles. The molecular weight excluding hydrogens is 238 g/mol. The second-order valence-corrected chi connectivity index (χ2v) is 4.41. The average molecular weight is 251 g/mol. The van der Waals surface area contributed by atoms with Crippen LogP contribution >= 0.6 is 0 Å². The highest BCUT2D eigenvalue weighted by Crippen LogP contribution is 2.12. The first-order valence-corrected chi connectivity index (χ1v) is 6.12. The summed E-state index contributed by atoms with van der Waals surface area (Å²) in [6, 6.07) is 13.2. The summed E-state index contributed by atoms with van der Waals surface area (Å²) < 4.78 is 1.47. The molecule has 0 aliphatic carbocycles. The molecule has 4 nitrogen and oxygen atoms in total. The number of nitrogens with zero attached hydrogens (tertiary/aromatic N) is 3. The van der Waals surface area contributed by atoms with Crippen molar-refractivity contribution in [2.24, 2.45) is 0 Å². The highest BCUT2D eigenvalue weighted by molar-refractivity contribution is 5.83. The lowest BCUT2D eigenvalue weighted by molar-refractivity contribution is 0.627. The molecule has 0 saturated heterocycles. The predicted molar refractivity (Wildman–Crippen MR) is 74.1 cm³/mol. The summed E-state index contributed by atoms with van der Waals surface area (Å²) >= 11 is 0. The van der Waals surface area contributed by atoms with Crippen LogP contribution in [0.2, 0.25) is 0 Å². The van der Waals surface area contributed by atoms with Gasteiger partial charge in [-0.05, 0) is 25.1 Å². The maximum Gasteiger partial charge on any atom is 0.275 e. The van der Waals surface area contributed by atoms with Crippen LogP contribution < -0.4 is 5.56 Å². The highest BCUT2D eigenvalue weighted by Gasteiger charge is 2.07. The van der Waals surface area contributed by atoms with Gasteiger partial charge in [-0.3, -0.25) is 9.78 Å². The van der Waals surface area contributed by atoms with Crippen LogP contribution in [0.4, 0.5) is 0 Å². The summed E-state index contributed by atoms with van der Waals surface area (Å²) in [4.78, 5) is 16.6. The van der Waals surface area contributed by atoms with Gasteiger partial charge in [-0.2, -0.15) is 5.10 Å². The lowest BCUT2D eigenvalue weighted by Crippen LogP contribution is -2.24. The smallest absolute Gasteiger partial charge is 0.267 e. The second kappa shape index (κ2) is 4.65. The first kappa shape index (κ1) is 11.6. The fraction of sp³-hybridized carbons (Fsp3) is 0.133. The standard InChI is InChI=1S/C15H13N3O/c1-11-13-7-2-3-8-14(13)15(19)18(17-11)10-12-6-4-5-9-16-12/h2-9H,10H2,1H3. The molecule has 0 aliphatic rings. The number of pyridine rings is 1. The molecule has 2 heterocycles. The number of fused-ring (bicyclic) bond motifs is 1. The molecule has 0 radical (unpaired) electrons. The summed E-state index contributed by atoms with van der Waals surface area (Å²) in [7, 11) is 0. The molecular formula is C15H13N3O.